The maximum atomic E-state index is 13.6. The minimum atomic E-state index is -1.22. The van der Waals surface area contributed by atoms with Gasteiger partial charge in [0, 0.05) is 5.69 Å². The molecule has 2 atom stereocenters. The van der Waals surface area contributed by atoms with E-state index in [9.17, 15) is 18.8 Å². The van der Waals surface area contributed by atoms with Crippen molar-refractivity contribution in [3.63, 3.8) is 0 Å². The van der Waals surface area contributed by atoms with Crippen molar-refractivity contribution in [3.05, 3.63) is 91.1 Å². The first kappa shape index (κ1) is 24.8. The number of anilines is 1. The monoisotopic (exact) mass is 566 g/mol. The molecule has 0 saturated carbocycles. The number of benzene rings is 3. The Morgan fingerprint density at radius 1 is 0.750 bits per heavy atom. The van der Waals surface area contributed by atoms with Crippen LogP contribution in [-0.4, -0.2) is 35.3 Å². The summed E-state index contributed by atoms with van der Waals surface area (Å²) in [7, 11) is 0. The Balaban J connectivity index is 1.60. The van der Waals surface area contributed by atoms with E-state index in [4.69, 9.17) is 51.1 Å². The zero-order chi connectivity index (χ0) is 25.9. The van der Waals surface area contributed by atoms with E-state index in [1.54, 1.807) is 24.3 Å². The van der Waals surface area contributed by atoms with Gasteiger partial charge in [0.2, 0.25) is 0 Å². The summed E-state index contributed by atoms with van der Waals surface area (Å²) in [5, 5.41) is -0.773. The molecular weight excluding hydrogens is 553 g/mol. The standard InChI is InChI=1S/C25H15Cl4FN2O4/c1-2-36-14-9-3-11(4-10-14)21-22(25(35)31(21)13-7-5-12(30)6-8-13)32-23(33)15-16(24(32)34)18(27)20(29)19(28)17(15)26/h3-10,21-22H,2H2,1H3/t21-,22+/m0/s1. The third-order valence-corrected chi connectivity index (χ3v) is 7.92. The second kappa shape index (κ2) is 9.23. The van der Waals surface area contributed by atoms with Crippen molar-refractivity contribution in [3.8, 4) is 5.75 Å². The highest BCUT2D eigenvalue weighted by Gasteiger charge is 2.58. The van der Waals surface area contributed by atoms with E-state index in [2.05, 4.69) is 0 Å². The van der Waals surface area contributed by atoms with Crippen LogP contribution in [0.1, 0.15) is 39.2 Å². The topological polar surface area (TPSA) is 66.9 Å². The highest BCUT2D eigenvalue weighted by atomic mass is 35.5. The average Bonchev–Trinajstić information content (AvgIpc) is 3.12. The number of carbonyl (C=O) groups is 3. The van der Waals surface area contributed by atoms with E-state index in [0.717, 1.165) is 4.90 Å². The minimum absolute atomic E-state index is 0.166. The van der Waals surface area contributed by atoms with E-state index in [1.165, 1.54) is 29.2 Å². The van der Waals surface area contributed by atoms with E-state index in [1.807, 2.05) is 6.92 Å². The number of hydrogen-bond donors (Lipinski definition) is 0. The lowest BCUT2D eigenvalue weighted by molar-refractivity contribution is -0.130. The Hall–Kier alpha value is -2.84. The van der Waals surface area contributed by atoms with Crippen molar-refractivity contribution in [1.82, 2.24) is 4.90 Å². The Labute approximate surface area is 225 Å². The molecule has 2 heterocycles. The Morgan fingerprint density at radius 2 is 1.28 bits per heavy atom. The summed E-state index contributed by atoms with van der Waals surface area (Å²) in [5.41, 5.74) is 0.603. The van der Waals surface area contributed by atoms with Crippen LogP contribution in [0.15, 0.2) is 48.5 Å². The molecule has 0 aliphatic carbocycles. The number of imide groups is 1. The molecule has 0 unspecified atom stereocenters. The lowest BCUT2D eigenvalue weighted by Gasteiger charge is -2.49. The molecule has 1 fully saturated rings. The van der Waals surface area contributed by atoms with Crippen molar-refractivity contribution in [1.29, 1.82) is 0 Å². The van der Waals surface area contributed by atoms with Crippen molar-refractivity contribution < 1.29 is 23.5 Å². The molecule has 0 radical (unpaired) electrons. The van der Waals surface area contributed by atoms with Crippen molar-refractivity contribution in [2.24, 2.45) is 0 Å². The van der Waals surface area contributed by atoms with Gasteiger partial charge in [0.1, 0.15) is 17.6 Å². The van der Waals surface area contributed by atoms with Crippen LogP contribution in [0.25, 0.3) is 0 Å². The summed E-state index contributed by atoms with van der Waals surface area (Å²) in [5.74, 6) is -2.03. The lowest BCUT2D eigenvalue weighted by Crippen LogP contribution is -2.67. The fraction of sp³-hybridized carbons (Fsp3) is 0.160. The van der Waals surface area contributed by atoms with Gasteiger partial charge in [0.25, 0.3) is 17.7 Å². The summed E-state index contributed by atoms with van der Waals surface area (Å²) in [6, 6.07) is 10.2. The third-order valence-electron chi connectivity index (χ3n) is 6.12. The van der Waals surface area contributed by atoms with Crippen LogP contribution in [-0.2, 0) is 4.79 Å². The van der Waals surface area contributed by atoms with E-state index in [-0.39, 0.29) is 31.2 Å². The normalized spacial score (nSPS) is 19.0. The van der Waals surface area contributed by atoms with Gasteiger partial charge in [-0.3, -0.25) is 19.3 Å². The van der Waals surface area contributed by atoms with Crippen LogP contribution >= 0.6 is 46.4 Å². The van der Waals surface area contributed by atoms with Gasteiger partial charge >= 0.3 is 0 Å². The Kier molecular flexibility index (Phi) is 6.37. The first-order valence-electron chi connectivity index (χ1n) is 10.7. The summed E-state index contributed by atoms with van der Waals surface area (Å²) in [6.45, 7) is 2.31. The van der Waals surface area contributed by atoms with E-state index >= 15 is 0 Å². The predicted molar refractivity (Wildman–Crippen MR) is 135 cm³/mol. The second-order valence-corrected chi connectivity index (χ2v) is 9.57. The zero-order valence-electron chi connectivity index (χ0n) is 18.4. The molecule has 0 bridgehead atoms. The summed E-state index contributed by atoms with van der Waals surface area (Å²) >= 11 is 24.8. The Morgan fingerprint density at radius 3 is 1.78 bits per heavy atom. The number of β-lactam (4-membered cyclic amide) rings is 1. The lowest BCUT2D eigenvalue weighted by atomic mass is 9.86. The molecule has 5 rings (SSSR count). The molecule has 11 heteroatoms. The van der Waals surface area contributed by atoms with Crippen LogP contribution in [0, 0.1) is 5.82 Å². The van der Waals surface area contributed by atoms with Crippen LogP contribution < -0.4 is 9.64 Å². The molecule has 3 amide bonds. The van der Waals surface area contributed by atoms with Gasteiger partial charge in [-0.25, -0.2) is 4.39 Å². The molecule has 3 aromatic carbocycles. The number of halogens is 5. The smallest absolute Gasteiger partial charge is 0.264 e. The number of rotatable bonds is 5. The minimum Gasteiger partial charge on any atom is -0.494 e. The molecular formula is C25H15Cl4FN2O4. The second-order valence-electron chi connectivity index (χ2n) is 8.06. The first-order chi connectivity index (χ1) is 17.2. The van der Waals surface area contributed by atoms with Gasteiger partial charge in [-0.05, 0) is 48.9 Å². The predicted octanol–water partition coefficient (Wildman–Crippen LogP) is 6.59. The summed E-state index contributed by atoms with van der Waals surface area (Å²) < 4.78 is 19.1. The van der Waals surface area contributed by atoms with Crippen LogP contribution in [0.5, 0.6) is 5.75 Å². The number of amides is 3. The fourth-order valence-electron chi connectivity index (χ4n) is 4.49. The molecule has 1 saturated heterocycles. The fourth-order valence-corrected chi connectivity index (χ4v) is 5.51. The average molecular weight is 568 g/mol. The summed E-state index contributed by atoms with van der Waals surface area (Å²) in [6.07, 6.45) is 0. The molecule has 0 aromatic heterocycles. The van der Waals surface area contributed by atoms with Gasteiger partial charge < -0.3 is 9.64 Å². The SMILES string of the molecule is CCOc1ccc([C@H]2[C@@H](N3C(=O)c4c(Cl)c(Cl)c(Cl)c(Cl)c4C3=O)C(=O)N2c2ccc(F)cc2)cc1. The van der Waals surface area contributed by atoms with Gasteiger partial charge in [-0.1, -0.05) is 58.5 Å². The van der Waals surface area contributed by atoms with Gasteiger partial charge in [0.15, 0.2) is 0 Å². The van der Waals surface area contributed by atoms with Crippen LogP contribution in [0.2, 0.25) is 20.1 Å². The largest absolute Gasteiger partial charge is 0.494 e. The molecule has 3 aromatic rings. The highest BCUT2D eigenvalue weighted by molar-refractivity contribution is 6.55. The van der Waals surface area contributed by atoms with E-state index < -0.39 is 35.6 Å². The molecule has 6 nitrogen and oxygen atoms in total. The maximum absolute atomic E-state index is 13.6. The van der Waals surface area contributed by atoms with Crippen molar-refractivity contribution in [2.75, 3.05) is 11.5 Å². The molecule has 184 valence electrons. The maximum Gasteiger partial charge on any atom is 0.264 e. The quantitative estimate of drug-likeness (QED) is 0.151. The number of nitrogens with zero attached hydrogens (tertiary/aromatic N) is 2. The van der Waals surface area contributed by atoms with Gasteiger partial charge in [0.05, 0.1) is 43.9 Å². The molecule has 2 aliphatic heterocycles. The van der Waals surface area contributed by atoms with Crippen molar-refractivity contribution >= 4 is 69.8 Å². The molecule has 2 aliphatic rings. The number of carbonyl (C=O) groups excluding carboxylic acids is 3. The number of hydrogen-bond acceptors (Lipinski definition) is 4. The number of fused-ring (bicyclic) bond motifs is 1. The molecule has 36 heavy (non-hydrogen) atoms. The molecule has 0 spiro atoms. The van der Waals surface area contributed by atoms with Crippen LogP contribution in [0.3, 0.4) is 0 Å². The van der Waals surface area contributed by atoms with Crippen LogP contribution in [0.4, 0.5) is 10.1 Å². The summed E-state index contributed by atoms with van der Waals surface area (Å²) in [4.78, 5) is 42.6. The van der Waals surface area contributed by atoms with Gasteiger partial charge in [-0.2, -0.15) is 0 Å². The highest BCUT2D eigenvalue weighted by Crippen LogP contribution is 2.49. The first-order valence-corrected chi connectivity index (χ1v) is 12.2. The van der Waals surface area contributed by atoms with E-state index in [0.29, 0.717) is 23.6 Å². The third kappa shape index (κ3) is 3.65. The zero-order valence-corrected chi connectivity index (χ0v) is 21.4. The number of ether oxygens (including phenoxy) is 1. The van der Waals surface area contributed by atoms with Gasteiger partial charge in [-0.15, -0.1) is 0 Å². The molecule has 0 N–H and O–H groups in total. The Bertz CT molecular complexity index is 1380. The van der Waals surface area contributed by atoms with Crippen molar-refractivity contribution in [2.45, 2.75) is 19.0 Å².